The van der Waals surface area contributed by atoms with Crippen molar-refractivity contribution in [1.29, 1.82) is 0 Å². The van der Waals surface area contributed by atoms with Crippen LogP contribution in [-0.4, -0.2) is 89.8 Å². The monoisotopic (exact) mass is 471 g/mol. The van der Waals surface area contributed by atoms with Crippen LogP contribution < -0.4 is 5.32 Å². The van der Waals surface area contributed by atoms with Gasteiger partial charge in [-0.2, -0.15) is 0 Å². The number of nitrogens with one attached hydrogen (secondary N) is 1. The van der Waals surface area contributed by atoms with Crippen LogP contribution in [0.4, 0.5) is 5.69 Å². The van der Waals surface area contributed by atoms with Crippen molar-refractivity contribution < 1.29 is 14.5 Å². The van der Waals surface area contributed by atoms with Gasteiger partial charge in [0, 0.05) is 57.0 Å². The molecule has 0 aromatic heterocycles. The Hall–Kier alpha value is -2.52. The van der Waals surface area contributed by atoms with Gasteiger partial charge in [0.25, 0.3) is 11.6 Å². The number of benzene rings is 1. The van der Waals surface area contributed by atoms with Gasteiger partial charge in [0.2, 0.25) is 5.91 Å². The summed E-state index contributed by atoms with van der Waals surface area (Å²) < 4.78 is 0. The first kappa shape index (κ1) is 24.6. The Kier molecular flexibility index (Phi) is 8.50. The fourth-order valence-electron chi connectivity index (χ4n) is 5.69. The van der Waals surface area contributed by atoms with E-state index in [4.69, 9.17) is 0 Å². The van der Waals surface area contributed by atoms with Gasteiger partial charge in [0.15, 0.2) is 0 Å². The third-order valence-corrected chi connectivity index (χ3v) is 7.61. The minimum Gasteiger partial charge on any atom is -0.353 e. The van der Waals surface area contributed by atoms with E-state index >= 15 is 0 Å². The molecule has 9 nitrogen and oxygen atoms in total. The molecule has 1 aromatic rings. The summed E-state index contributed by atoms with van der Waals surface area (Å²) in [5, 5.41) is 14.1. The first-order valence-corrected chi connectivity index (χ1v) is 12.8. The maximum atomic E-state index is 13.3. The van der Waals surface area contributed by atoms with Crippen LogP contribution in [0.1, 0.15) is 55.3 Å². The highest BCUT2D eigenvalue weighted by Crippen LogP contribution is 2.31. The third-order valence-electron chi connectivity index (χ3n) is 7.61. The van der Waals surface area contributed by atoms with Crippen molar-refractivity contribution in [3.8, 4) is 0 Å². The second-order valence-electron chi connectivity index (χ2n) is 9.81. The molecular formula is C25H37N5O4. The molecule has 1 aliphatic carbocycles. The summed E-state index contributed by atoms with van der Waals surface area (Å²) in [7, 11) is 0. The second kappa shape index (κ2) is 11.8. The second-order valence-corrected chi connectivity index (χ2v) is 9.81. The summed E-state index contributed by atoms with van der Waals surface area (Å²) in [6.07, 6.45) is 8.36. The summed E-state index contributed by atoms with van der Waals surface area (Å²) in [5.74, 6) is 0.406. The smallest absolute Gasteiger partial charge is 0.269 e. The fourth-order valence-corrected chi connectivity index (χ4v) is 5.69. The van der Waals surface area contributed by atoms with Gasteiger partial charge in [-0.15, -0.1) is 0 Å². The van der Waals surface area contributed by atoms with Crippen molar-refractivity contribution in [2.45, 2.75) is 51.0 Å². The SMILES string of the molecule is O=C(NCCN1CCCCC1)C(C1CCCC1)N1CCN(C(=O)c2ccc([N+](=O)[O-])cc2)CC1. The van der Waals surface area contributed by atoms with E-state index in [1.807, 2.05) is 0 Å². The average Bonchev–Trinajstić information content (AvgIpc) is 3.39. The number of hydrogen-bond donors (Lipinski definition) is 1. The normalized spacial score (nSPS) is 21.4. The molecule has 2 heterocycles. The van der Waals surface area contributed by atoms with Gasteiger partial charge < -0.3 is 15.1 Å². The first-order chi connectivity index (χ1) is 16.5. The molecule has 1 saturated carbocycles. The molecule has 2 amide bonds. The van der Waals surface area contributed by atoms with Gasteiger partial charge in [-0.1, -0.05) is 19.3 Å². The number of piperazine rings is 1. The molecule has 34 heavy (non-hydrogen) atoms. The number of rotatable bonds is 8. The maximum Gasteiger partial charge on any atom is 0.269 e. The van der Waals surface area contributed by atoms with Crippen molar-refractivity contribution in [3.05, 3.63) is 39.9 Å². The Labute approximate surface area is 201 Å². The standard InChI is InChI=1S/C25H37N5O4/c31-24(26-12-15-27-13-4-1-5-14-27)23(20-6-2-3-7-20)28-16-18-29(19-17-28)25(32)21-8-10-22(11-9-21)30(33)34/h8-11,20,23H,1-7,12-19H2,(H,26,31). The maximum absolute atomic E-state index is 13.3. The molecule has 0 spiro atoms. The van der Waals surface area contributed by atoms with Gasteiger partial charge in [-0.25, -0.2) is 0 Å². The molecule has 9 heteroatoms. The molecule has 186 valence electrons. The van der Waals surface area contributed by atoms with Crippen LogP contribution in [0.25, 0.3) is 0 Å². The predicted molar refractivity (Wildman–Crippen MR) is 130 cm³/mol. The lowest BCUT2D eigenvalue weighted by atomic mass is 9.95. The summed E-state index contributed by atoms with van der Waals surface area (Å²) in [5.41, 5.74) is 0.439. The highest BCUT2D eigenvalue weighted by molar-refractivity contribution is 5.94. The number of nitro groups is 1. The summed E-state index contributed by atoms with van der Waals surface area (Å²) in [6, 6.07) is 5.65. The van der Waals surface area contributed by atoms with Gasteiger partial charge in [0.1, 0.15) is 0 Å². The summed E-state index contributed by atoms with van der Waals surface area (Å²) >= 11 is 0. The van der Waals surface area contributed by atoms with Gasteiger partial charge in [-0.05, 0) is 56.8 Å². The molecule has 2 aliphatic heterocycles. The third kappa shape index (κ3) is 6.13. The van der Waals surface area contributed by atoms with E-state index in [1.165, 1.54) is 56.4 Å². The summed E-state index contributed by atoms with van der Waals surface area (Å²) in [4.78, 5) is 43.1. The Bertz CT molecular complexity index is 841. The lowest BCUT2D eigenvalue weighted by Crippen LogP contribution is -2.58. The van der Waals surface area contributed by atoms with Gasteiger partial charge >= 0.3 is 0 Å². The molecule has 3 fully saturated rings. The number of non-ortho nitro benzene ring substituents is 1. The van der Waals surface area contributed by atoms with Crippen LogP contribution in [0.5, 0.6) is 0 Å². The van der Waals surface area contributed by atoms with E-state index in [-0.39, 0.29) is 23.5 Å². The van der Waals surface area contributed by atoms with Crippen molar-refractivity contribution in [1.82, 2.24) is 20.0 Å². The lowest BCUT2D eigenvalue weighted by Gasteiger charge is -2.41. The molecule has 1 N–H and O–H groups in total. The molecule has 0 radical (unpaired) electrons. The highest BCUT2D eigenvalue weighted by atomic mass is 16.6. The van der Waals surface area contributed by atoms with E-state index in [2.05, 4.69) is 15.1 Å². The minimum absolute atomic E-state index is 0.0212. The lowest BCUT2D eigenvalue weighted by molar-refractivity contribution is -0.384. The number of likely N-dealkylation sites (tertiary alicyclic amines) is 1. The quantitative estimate of drug-likeness (QED) is 0.462. The molecular weight excluding hydrogens is 434 g/mol. The average molecular weight is 472 g/mol. The van der Waals surface area contributed by atoms with E-state index in [1.54, 1.807) is 4.90 Å². The zero-order chi connectivity index (χ0) is 23.9. The zero-order valence-electron chi connectivity index (χ0n) is 20.0. The predicted octanol–water partition coefficient (Wildman–Crippen LogP) is 2.51. The zero-order valence-corrected chi connectivity index (χ0v) is 20.0. The van der Waals surface area contributed by atoms with Crippen LogP contribution in [0.3, 0.4) is 0 Å². The van der Waals surface area contributed by atoms with E-state index in [0.717, 1.165) is 32.5 Å². The van der Waals surface area contributed by atoms with Crippen molar-refractivity contribution in [2.75, 3.05) is 52.4 Å². The van der Waals surface area contributed by atoms with E-state index in [0.29, 0.717) is 44.2 Å². The number of nitrogens with zero attached hydrogens (tertiary/aromatic N) is 4. The number of carbonyl (C=O) groups excluding carboxylic acids is 2. The van der Waals surface area contributed by atoms with Crippen LogP contribution in [0.2, 0.25) is 0 Å². The number of piperidine rings is 1. The summed E-state index contributed by atoms with van der Waals surface area (Å²) in [6.45, 7) is 6.32. The van der Waals surface area contributed by atoms with Gasteiger partial charge in [-0.3, -0.25) is 24.6 Å². The number of carbonyl (C=O) groups is 2. The Morgan fingerprint density at radius 3 is 2.21 bits per heavy atom. The Balaban J connectivity index is 1.31. The molecule has 1 unspecified atom stereocenters. The molecule has 1 atom stereocenters. The van der Waals surface area contributed by atoms with Crippen LogP contribution >= 0.6 is 0 Å². The number of amides is 2. The Morgan fingerprint density at radius 1 is 0.941 bits per heavy atom. The van der Waals surface area contributed by atoms with Crippen LogP contribution in [0, 0.1) is 16.0 Å². The highest BCUT2D eigenvalue weighted by Gasteiger charge is 2.37. The van der Waals surface area contributed by atoms with Gasteiger partial charge in [0.05, 0.1) is 11.0 Å². The Morgan fingerprint density at radius 2 is 1.59 bits per heavy atom. The van der Waals surface area contributed by atoms with Crippen molar-refractivity contribution in [3.63, 3.8) is 0 Å². The van der Waals surface area contributed by atoms with Crippen LogP contribution in [0.15, 0.2) is 24.3 Å². The minimum atomic E-state index is -0.465. The number of hydrogen-bond acceptors (Lipinski definition) is 6. The van der Waals surface area contributed by atoms with Crippen LogP contribution in [-0.2, 0) is 4.79 Å². The molecule has 2 saturated heterocycles. The van der Waals surface area contributed by atoms with E-state index < -0.39 is 4.92 Å². The molecule has 1 aromatic carbocycles. The van der Waals surface area contributed by atoms with E-state index in [9.17, 15) is 19.7 Å². The molecule has 4 rings (SSSR count). The van der Waals surface area contributed by atoms with Crippen molar-refractivity contribution in [2.24, 2.45) is 5.92 Å². The van der Waals surface area contributed by atoms with Crippen molar-refractivity contribution >= 4 is 17.5 Å². The largest absolute Gasteiger partial charge is 0.353 e. The molecule has 3 aliphatic rings. The topological polar surface area (TPSA) is 99.0 Å². The number of nitro benzene ring substituents is 1. The first-order valence-electron chi connectivity index (χ1n) is 12.8. The fraction of sp³-hybridized carbons (Fsp3) is 0.680. The molecule has 0 bridgehead atoms.